The van der Waals surface area contributed by atoms with Gasteiger partial charge in [0.1, 0.15) is 6.61 Å². The summed E-state index contributed by atoms with van der Waals surface area (Å²) >= 11 is 4.41. The number of benzene rings is 3. The van der Waals surface area contributed by atoms with Crippen LogP contribution in [0.5, 0.6) is 11.5 Å². The van der Waals surface area contributed by atoms with E-state index in [0.29, 0.717) is 23.0 Å². The van der Waals surface area contributed by atoms with E-state index in [-0.39, 0.29) is 17.7 Å². The number of nitrogens with zero attached hydrogens (tertiary/aromatic N) is 1. The molecule has 3 aromatic carbocycles. The highest BCUT2D eigenvalue weighted by Crippen LogP contribution is 2.36. The van der Waals surface area contributed by atoms with Crippen molar-refractivity contribution in [1.29, 1.82) is 0 Å². The molecule has 1 fully saturated rings. The lowest BCUT2D eigenvalue weighted by Gasteiger charge is -2.13. The molecular formula is C26H22BrNO4S. The van der Waals surface area contributed by atoms with Crippen LogP contribution < -0.4 is 9.47 Å². The molecule has 0 spiro atoms. The number of hydrogen-bond donors (Lipinski definition) is 0. The predicted molar refractivity (Wildman–Crippen MR) is 134 cm³/mol. The molecule has 3 aromatic rings. The van der Waals surface area contributed by atoms with Gasteiger partial charge in [0.15, 0.2) is 11.5 Å². The minimum atomic E-state index is -0.306. The number of methoxy groups -OCH3 is 1. The van der Waals surface area contributed by atoms with Gasteiger partial charge in [0.2, 0.25) is 0 Å². The van der Waals surface area contributed by atoms with Crippen molar-refractivity contribution >= 4 is 44.9 Å². The van der Waals surface area contributed by atoms with Crippen molar-refractivity contribution < 1.29 is 19.1 Å². The third-order valence-corrected chi connectivity index (χ3v) is 6.84. The van der Waals surface area contributed by atoms with Crippen LogP contribution >= 0.6 is 27.7 Å². The number of imide groups is 1. The van der Waals surface area contributed by atoms with Gasteiger partial charge in [-0.15, -0.1) is 0 Å². The molecule has 4 rings (SSSR count). The van der Waals surface area contributed by atoms with Gasteiger partial charge in [0.05, 0.1) is 18.6 Å². The van der Waals surface area contributed by atoms with Crippen LogP contribution in [0.15, 0.2) is 76.1 Å². The molecule has 1 aliphatic rings. The van der Waals surface area contributed by atoms with Crippen LogP contribution in [0.25, 0.3) is 6.08 Å². The van der Waals surface area contributed by atoms with Crippen LogP contribution in [0.1, 0.15) is 22.3 Å². The summed E-state index contributed by atoms with van der Waals surface area (Å²) in [5.41, 5.74) is 3.88. The lowest BCUT2D eigenvalue weighted by Crippen LogP contribution is -2.27. The molecule has 5 nitrogen and oxygen atoms in total. The maximum atomic E-state index is 12.9. The van der Waals surface area contributed by atoms with E-state index in [0.717, 1.165) is 32.9 Å². The van der Waals surface area contributed by atoms with E-state index in [9.17, 15) is 9.59 Å². The van der Waals surface area contributed by atoms with Crippen molar-refractivity contribution in [3.63, 3.8) is 0 Å². The Bertz CT molecular complexity index is 1220. The van der Waals surface area contributed by atoms with E-state index in [1.165, 1.54) is 10.5 Å². The second-order valence-electron chi connectivity index (χ2n) is 7.54. The molecule has 0 radical (unpaired) electrons. The fraction of sp³-hybridized carbons (Fsp3) is 0.154. The standard InChI is InChI=1S/C26H22BrNO4S/c1-17-7-9-18(10-8-17)16-32-22-12-11-19(13-23(22)31-2)14-24-25(29)28(26(30)33-24)15-20-5-3-4-6-21(20)27/h3-14H,15-16H2,1-2H3/b24-14+. The Kier molecular flexibility index (Phi) is 7.20. The van der Waals surface area contributed by atoms with Crippen LogP contribution in [-0.2, 0) is 17.9 Å². The predicted octanol–water partition coefficient (Wildman–Crippen LogP) is 6.58. The lowest BCUT2D eigenvalue weighted by atomic mass is 10.1. The largest absolute Gasteiger partial charge is 0.493 e. The number of amides is 2. The van der Waals surface area contributed by atoms with Crippen LogP contribution in [-0.4, -0.2) is 23.2 Å². The van der Waals surface area contributed by atoms with E-state index in [4.69, 9.17) is 9.47 Å². The molecule has 0 bridgehead atoms. The maximum Gasteiger partial charge on any atom is 0.293 e. The summed E-state index contributed by atoms with van der Waals surface area (Å²) in [6.45, 7) is 2.68. The molecule has 0 aromatic heterocycles. The maximum absolute atomic E-state index is 12.9. The topological polar surface area (TPSA) is 55.8 Å². The second kappa shape index (κ2) is 10.3. The Labute approximate surface area is 205 Å². The molecule has 0 saturated carbocycles. The van der Waals surface area contributed by atoms with E-state index in [2.05, 4.69) is 15.9 Å². The fourth-order valence-electron chi connectivity index (χ4n) is 3.32. The van der Waals surface area contributed by atoms with Crippen molar-refractivity contribution in [2.24, 2.45) is 0 Å². The van der Waals surface area contributed by atoms with Crippen molar-refractivity contribution in [2.75, 3.05) is 7.11 Å². The van der Waals surface area contributed by atoms with Crippen molar-refractivity contribution in [1.82, 2.24) is 4.90 Å². The Morgan fingerprint density at radius 1 is 1.00 bits per heavy atom. The molecule has 1 aliphatic heterocycles. The number of ether oxygens (including phenoxy) is 2. The molecule has 33 heavy (non-hydrogen) atoms. The molecule has 7 heteroatoms. The number of halogens is 1. The number of thioether (sulfide) groups is 1. The van der Waals surface area contributed by atoms with Gasteiger partial charge in [-0.2, -0.15) is 0 Å². The number of hydrogen-bond acceptors (Lipinski definition) is 5. The molecule has 0 atom stereocenters. The first-order valence-corrected chi connectivity index (χ1v) is 11.9. The van der Waals surface area contributed by atoms with E-state index in [1.54, 1.807) is 19.3 Å². The first-order chi connectivity index (χ1) is 15.9. The summed E-state index contributed by atoms with van der Waals surface area (Å²) in [7, 11) is 1.57. The van der Waals surface area contributed by atoms with Crippen LogP contribution in [0, 0.1) is 6.92 Å². The smallest absolute Gasteiger partial charge is 0.293 e. The van der Waals surface area contributed by atoms with Gasteiger partial charge < -0.3 is 9.47 Å². The summed E-state index contributed by atoms with van der Waals surface area (Å²) in [6.07, 6.45) is 1.71. The molecular weight excluding hydrogens is 502 g/mol. The van der Waals surface area contributed by atoms with Gasteiger partial charge in [0.25, 0.3) is 11.1 Å². The van der Waals surface area contributed by atoms with E-state index < -0.39 is 0 Å². The van der Waals surface area contributed by atoms with Crippen molar-refractivity contribution in [2.45, 2.75) is 20.1 Å². The van der Waals surface area contributed by atoms with Crippen LogP contribution in [0.3, 0.4) is 0 Å². The van der Waals surface area contributed by atoms with Gasteiger partial charge in [0, 0.05) is 4.47 Å². The Balaban J connectivity index is 1.49. The highest BCUT2D eigenvalue weighted by molar-refractivity contribution is 9.10. The highest BCUT2D eigenvalue weighted by Gasteiger charge is 2.35. The van der Waals surface area contributed by atoms with Gasteiger partial charge in [-0.25, -0.2) is 0 Å². The molecule has 0 unspecified atom stereocenters. The minimum absolute atomic E-state index is 0.221. The summed E-state index contributed by atoms with van der Waals surface area (Å²) in [4.78, 5) is 27.0. The zero-order valence-corrected chi connectivity index (χ0v) is 20.6. The summed E-state index contributed by atoms with van der Waals surface area (Å²) < 4.78 is 12.3. The van der Waals surface area contributed by atoms with Gasteiger partial charge in [-0.3, -0.25) is 14.5 Å². The third-order valence-electron chi connectivity index (χ3n) is 5.16. The summed E-state index contributed by atoms with van der Waals surface area (Å²) in [6, 6.07) is 21.1. The molecule has 2 amide bonds. The van der Waals surface area contributed by atoms with Crippen molar-refractivity contribution in [3.05, 3.63) is 98.4 Å². The molecule has 1 heterocycles. The van der Waals surface area contributed by atoms with Gasteiger partial charge in [-0.1, -0.05) is 70.0 Å². The Hall–Kier alpha value is -3.03. The fourth-order valence-corrected chi connectivity index (χ4v) is 4.57. The van der Waals surface area contributed by atoms with E-state index in [1.807, 2.05) is 67.6 Å². The van der Waals surface area contributed by atoms with Gasteiger partial charge in [-0.05, 0) is 59.7 Å². The minimum Gasteiger partial charge on any atom is -0.493 e. The van der Waals surface area contributed by atoms with Gasteiger partial charge >= 0.3 is 0 Å². The van der Waals surface area contributed by atoms with Crippen LogP contribution in [0.2, 0.25) is 0 Å². The van der Waals surface area contributed by atoms with Crippen molar-refractivity contribution in [3.8, 4) is 11.5 Å². The molecule has 1 saturated heterocycles. The first kappa shape index (κ1) is 23.1. The molecule has 168 valence electrons. The summed E-state index contributed by atoms with van der Waals surface area (Å²) in [5.74, 6) is 0.861. The average molecular weight is 524 g/mol. The Morgan fingerprint density at radius 3 is 2.48 bits per heavy atom. The summed E-state index contributed by atoms with van der Waals surface area (Å²) in [5, 5.41) is -0.285. The third kappa shape index (κ3) is 5.49. The monoisotopic (exact) mass is 523 g/mol. The first-order valence-electron chi connectivity index (χ1n) is 10.3. The number of carbonyl (C=O) groups is 2. The second-order valence-corrected chi connectivity index (χ2v) is 9.39. The van der Waals surface area contributed by atoms with E-state index >= 15 is 0 Å². The highest BCUT2D eigenvalue weighted by atomic mass is 79.9. The zero-order valence-electron chi connectivity index (χ0n) is 18.2. The molecule has 0 N–H and O–H groups in total. The number of rotatable bonds is 7. The quantitative estimate of drug-likeness (QED) is 0.327. The number of carbonyl (C=O) groups excluding carboxylic acids is 2. The van der Waals surface area contributed by atoms with Crippen LogP contribution in [0.4, 0.5) is 4.79 Å². The average Bonchev–Trinajstić information content (AvgIpc) is 3.07. The SMILES string of the molecule is COc1cc(/C=C2/SC(=O)N(Cc3ccccc3Br)C2=O)ccc1OCc1ccc(C)cc1. The zero-order chi connectivity index (χ0) is 23.4. The Morgan fingerprint density at radius 2 is 1.76 bits per heavy atom. The lowest BCUT2D eigenvalue weighted by molar-refractivity contribution is -0.123. The molecule has 0 aliphatic carbocycles. The normalized spacial score (nSPS) is 14.8. The number of aryl methyl sites for hydroxylation is 1.